The summed E-state index contributed by atoms with van der Waals surface area (Å²) in [6.45, 7) is 1.70. The first-order valence-corrected chi connectivity index (χ1v) is 7.92. The Bertz CT molecular complexity index is 464. The van der Waals surface area contributed by atoms with Crippen molar-refractivity contribution in [3.8, 4) is 0 Å². The lowest BCUT2D eigenvalue weighted by Crippen LogP contribution is -2.08. The average Bonchev–Trinajstić information content (AvgIpc) is 2.70. The van der Waals surface area contributed by atoms with Gasteiger partial charge in [0, 0.05) is 11.8 Å². The van der Waals surface area contributed by atoms with Crippen LogP contribution in [0, 0.1) is 0 Å². The monoisotopic (exact) mass is 261 g/mol. The van der Waals surface area contributed by atoms with Gasteiger partial charge in [-0.3, -0.25) is 0 Å². The van der Waals surface area contributed by atoms with Crippen molar-refractivity contribution in [2.45, 2.75) is 37.5 Å². The van der Waals surface area contributed by atoms with E-state index < -0.39 is 21.2 Å². The molecule has 6 heteroatoms. The Hall–Kier alpha value is -0.460. The van der Waals surface area contributed by atoms with Crippen molar-refractivity contribution in [3.05, 3.63) is 16.1 Å². The number of aliphatic hydroxyl groups is 1. The minimum Gasteiger partial charge on any atom is -0.393 e. The quantitative estimate of drug-likeness (QED) is 0.891. The second kappa shape index (κ2) is 4.43. The van der Waals surface area contributed by atoms with Gasteiger partial charge in [0.25, 0.3) is 0 Å². The number of aromatic nitrogens is 1. The summed E-state index contributed by atoms with van der Waals surface area (Å²) < 4.78 is 23.4. The molecule has 16 heavy (non-hydrogen) atoms. The summed E-state index contributed by atoms with van der Waals surface area (Å²) in [7, 11) is -2.97. The molecule has 1 saturated heterocycles. The zero-order valence-electron chi connectivity index (χ0n) is 9.09. The first kappa shape index (κ1) is 12.0. The number of aliphatic hydroxyl groups excluding tert-OH is 1. The summed E-state index contributed by atoms with van der Waals surface area (Å²) in [6.07, 6.45) is 1.47. The Morgan fingerprint density at radius 3 is 3.00 bits per heavy atom. The first-order chi connectivity index (χ1) is 7.49. The molecule has 2 unspecified atom stereocenters. The van der Waals surface area contributed by atoms with Crippen LogP contribution in [0.25, 0.3) is 0 Å². The minimum absolute atomic E-state index is 0.281. The van der Waals surface area contributed by atoms with Crippen LogP contribution in [0.3, 0.4) is 0 Å². The third-order valence-corrected chi connectivity index (χ3v) is 6.02. The fourth-order valence-corrected chi connectivity index (χ4v) is 5.13. The van der Waals surface area contributed by atoms with E-state index in [2.05, 4.69) is 4.98 Å². The molecule has 0 aliphatic carbocycles. The van der Waals surface area contributed by atoms with Crippen LogP contribution in [-0.4, -0.2) is 30.4 Å². The number of sulfone groups is 1. The smallest absolute Gasteiger partial charge is 0.159 e. The van der Waals surface area contributed by atoms with Gasteiger partial charge in [0.15, 0.2) is 9.84 Å². The maximum atomic E-state index is 11.7. The molecule has 0 spiro atoms. The zero-order chi connectivity index (χ0) is 11.8. The van der Waals surface area contributed by atoms with Crippen LogP contribution in [0.2, 0.25) is 0 Å². The van der Waals surface area contributed by atoms with E-state index in [1.165, 1.54) is 11.3 Å². The standard InChI is InChI=1S/C10H15NO3S2/c1-7(12)5-8-6-15-10(11-8)9-3-2-4-16(9,13)14/h6-7,9,12H,2-5H2,1H3. The summed E-state index contributed by atoms with van der Waals surface area (Å²) in [5, 5.41) is 11.4. The number of rotatable bonds is 3. The molecule has 1 aromatic heterocycles. The molecule has 0 amide bonds. The number of hydrogen-bond acceptors (Lipinski definition) is 5. The average molecular weight is 261 g/mol. The molecule has 2 atom stereocenters. The molecule has 2 rings (SSSR count). The highest BCUT2D eigenvalue weighted by atomic mass is 32.2. The van der Waals surface area contributed by atoms with Gasteiger partial charge in [0.05, 0.1) is 17.6 Å². The van der Waals surface area contributed by atoms with Crippen molar-refractivity contribution in [3.63, 3.8) is 0 Å². The number of nitrogens with zero attached hydrogens (tertiary/aromatic N) is 1. The largest absolute Gasteiger partial charge is 0.393 e. The third kappa shape index (κ3) is 2.44. The van der Waals surface area contributed by atoms with Crippen molar-refractivity contribution >= 4 is 21.2 Å². The van der Waals surface area contributed by atoms with Crippen molar-refractivity contribution < 1.29 is 13.5 Å². The molecule has 1 fully saturated rings. The van der Waals surface area contributed by atoms with Crippen molar-refractivity contribution in [1.29, 1.82) is 0 Å². The Morgan fingerprint density at radius 1 is 1.69 bits per heavy atom. The Kier molecular flexibility index (Phi) is 3.32. The number of thiazole rings is 1. The molecule has 1 aliphatic heterocycles. The third-order valence-electron chi connectivity index (χ3n) is 2.68. The lowest BCUT2D eigenvalue weighted by molar-refractivity contribution is 0.194. The van der Waals surface area contributed by atoms with Crippen LogP contribution in [0.4, 0.5) is 0 Å². The van der Waals surface area contributed by atoms with Gasteiger partial charge in [-0.05, 0) is 19.8 Å². The van der Waals surface area contributed by atoms with E-state index >= 15 is 0 Å². The molecular formula is C10H15NO3S2. The molecular weight excluding hydrogens is 246 g/mol. The summed E-state index contributed by atoms with van der Waals surface area (Å²) in [5.74, 6) is 0.281. The van der Waals surface area contributed by atoms with Crippen molar-refractivity contribution in [1.82, 2.24) is 4.98 Å². The van der Waals surface area contributed by atoms with E-state index in [0.29, 0.717) is 17.8 Å². The minimum atomic E-state index is -2.97. The lowest BCUT2D eigenvalue weighted by Gasteiger charge is -2.04. The van der Waals surface area contributed by atoms with Gasteiger partial charge in [0.1, 0.15) is 10.3 Å². The molecule has 0 aromatic carbocycles. The molecule has 2 heterocycles. The van der Waals surface area contributed by atoms with Crippen LogP contribution < -0.4 is 0 Å². The van der Waals surface area contributed by atoms with Gasteiger partial charge in [-0.2, -0.15) is 0 Å². The fraction of sp³-hybridized carbons (Fsp3) is 0.700. The topological polar surface area (TPSA) is 67.3 Å². The van der Waals surface area contributed by atoms with Crippen LogP contribution in [-0.2, 0) is 16.3 Å². The predicted molar refractivity (Wildman–Crippen MR) is 63.3 cm³/mol. The normalized spacial score (nSPS) is 25.8. The Morgan fingerprint density at radius 2 is 2.44 bits per heavy atom. The van der Waals surface area contributed by atoms with Crippen LogP contribution in [0.15, 0.2) is 5.38 Å². The van der Waals surface area contributed by atoms with Crippen molar-refractivity contribution in [2.24, 2.45) is 0 Å². The highest BCUT2D eigenvalue weighted by Crippen LogP contribution is 2.36. The SMILES string of the molecule is CC(O)Cc1csc(C2CCCS2(=O)=O)n1. The Balaban J connectivity index is 2.19. The summed E-state index contributed by atoms with van der Waals surface area (Å²) in [6, 6.07) is 0. The maximum Gasteiger partial charge on any atom is 0.159 e. The summed E-state index contributed by atoms with van der Waals surface area (Å²) in [5.41, 5.74) is 0.789. The van der Waals surface area contributed by atoms with E-state index in [1.807, 2.05) is 5.38 Å². The molecule has 1 aromatic rings. The highest BCUT2D eigenvalue weighted by molar-refractivity contribution is 7.92. The van der Waals surface area contributed by atoms with Gasteiger partial charge in [-0.25, -0.2) is 13.4 Å². The zero-order valence-corrected chi connectivity index (χ0v) is 10.7. The number of hydrogen-bond donors (Lipinski definition) is 1. The lowest BCUT2D eigenvalue weighted by atomic mass is 10.2. The van der Waals surface area contributed by atoms with E-state index in [9.17, 15) is 13.5 Å². The van der Waals surface area contributed by atoms with Gasteiger partial charge >= 0.3 is 0 Å². The second-order valence-corrected chi connectivity index (χ2v) is 7.42. The fourth-order valence-electron chi connectivity index (χ4n) is 1.94. The van der Waals surface area contributed by atoms with E-state index in [4.69, 9.17) is 0 Å². The first-order valence-electron chi connectivity index (χ1n) is 5.33. The molecule has 90 valence electrons. The van der Waals surface area contributed by atoms with Crippen LogP contribution >= 0.6 is 11.3 Å². The van der Waals surface area contributed by atoms with Crippen LogP contribution in [0.5, 0.6) is 0 Å². The molecule has 1 N–H and O–H groups in total. The molecule has 0 saturated carbocycles. The van der Waals surface area contributed by atoms with Gasteiger partial charge in [-0.1, -0.05) is 0 Å². The second-order valence-electron chi connectivity index (χ2n) is 4.23. The van der Waals surface area contributed by atoms with E-state index in [1.54, 1.807) is 6.92 Å². The maximum absolute atomic E-state index is 11.7. The Labute approximate surface area is 99.3 Å². The van der Waals surface area contributed by atoms with Gasteiger partial charge in [0.2, 0.25) is 0 Å². The van der Waals surface area contributed by atoms with Gasteiger partial charge in [-0.15, -0.1) is 11.3 Å². The van der Waals surface area contributed by atoms with Gasteiger partial charge < -0.3 is 5.11 Å². The van der Waals surface area contributed by atoms with E-state index in [0.717, 1.165) is 12.1 Å². The molecule has 4 nitrogen and oxygen atoms in total. The molecule has 1 aliphatic rings. The molecule has 0 radical (unpaired) electrons. The highest BCUT2D eigenvalue weighted by Gasteiger charge is 2.34. The summed E-state index contributed by atoms with van der Waals surface area (Å²) >= 11 is 1.39. The van der Waals surface area contributed by atoms with E-state index in [-0.39, 0.29) is 5.75 Å². The van der Waals surface area contributed by atoms with Crippen molar-refractivity contribution in [2.75, 3.05) is 5.75 Å². The summed E-state index contributed by atoms with van der Waals surface area (Å²) in [4.78, 5) is 4.31. The predicted octanol–water partition coefficient (Wildman–Crippen LogP) is 1.32. The molecule has 0 bridgehead atoms. The van der Waals surface area contributed by atoms with Crippen LogP contribution in [0.1, 0.15) is 35.7 Å².